The zero-order chi connectivity index (χ0) is 14.0. The molecule has 0 saturated heterocycles. The van der Waals surface area contributed by atoms with Gasteiger partial charge in [0.25, 0.3) is 11.5 Å². The molecule has 0 fully saturated rings. The molecule has 0 aliphatic rings. The molecule has 0 aliphatic heterocycles. The van der Waals surface area contributed by atoms with Crippen LogP contribution in [0.3, 0.4) is 0 Å². The van der Waals surface area contributed by atoms with Gasteiger partial charge in [0.05, 0.1) is 10.7 Å². The highest BCUT2D eigenvalue weighted by atomic mass is 35.5. The van der Waals surface area contributed by atoms with Crippen LogP contribution >= 0.6 is 11.6 Å². The minimum atomic E-state index is -0.353. The average Bonchev–Trinajstić information content (AvgIpc) is 2.37. The zero-order valence-corrected chi connectivity index (χ0v) is 11.4. The molecule has 1 aromatic heterocycles. The Morgan fingerprint density at radius 3 is 2.68 bits per heavy atom. The van der Waals surface area contributed by atoms with E-state index in [0.717, 1.165) is 5.56 Å². The highest BCUT2D eigenvalue weighted by Gasteiger charge is 2.11. The maximum atomic E-state index is 12.1. The van der Waals surface area contributed by atoms with Crippen LogP contribution in [0, 0.1) is 6.92 Å². The highest BCUT2D eigenvalue weighted by molar-refractivity contribution is 6.34. The number of para-hydroxylation sites is 1. The molecule has 1 aromatic carbocycles. The van der Waals surface area contributed by atoms with Gasteiger partial charge in [0.15, 0.2) is 0 Å². The summed E-state index contributed by atoms with van der Waals surface area (Å²) in [7, 11) is 1.63. The predicted molar refractivity (Wildman–Crippen MR) is 75.8 cm³/mol. The van der Waals surface area contributed by atoms with Crippen LogP contribution < -0.4 is 10.9 Å². The third-order valence-corrected chi connectivity index (χ3v) is 3.14. The van der Waals surface area contributed by atoms with Crippen LogP contribution in [-0.4, -0.2) is 10.5 Å². The normalized spacial score (nSPS) is 10.3. The molecule has 19 heavy (non-hydrogen) atoms. The summed E-state index contributed by atoms with van der Waals surface area (Å²) >= 11 is 6.04. The third kappa shape index (κ3) is 2.85. The van der Waals surface area contributed by atoms with E-state index in [1.807, 2.05) is 19.1 Å². The first-order valence-electron chi connectivity index (χ1n) is 5.72. The van der Waals surface area contributed by atoms with Gasteiger partial charge in [-0.05, 0) is 24.6 Å². The summed E-state index contributed by atoms with van der Waals surface area (Å²) in [6.07, 6.45) is 1.55. The van der Waals surface area contributed by atoms with Crippen molar-refractivity contribution in [1.29, 1.82) is 0 Å². The molecule has 2 rings (SSSR count). The van der Waals surface area contributed by atoms with E-state index in [0.29, 0.717) is 16.3 Å². The van der Waals surface area contributed by atoms with E-state index in [2.05, 4.69) is 5.32 Å². The maximum Gasteiger partial charge on any atom is 0.255 e. The molecule has 4 nitrogen and oxygen atoms in total. The summed E-state index contributed by atoms with van der Waals surface area (Å²) in [6.45, 7) is 1.85. The Morgan fingerprint density at radius 1 is 1.32 bits per heavy atom. The van der Waals surface area contributed by atoms with Crippen molar-refractivity contribution >= 4 is 23.2 Å². The number of nitrogens with zero attached hydrogens (tertiary/aromatic N) is 1. The molecule has 5 heteroatoms. The first-order valence-corrected chi connectivity index (χ1v) is 6.10. The van der Waals surface area contributed by atoms with E-state index in [1.165, 1.54) is 10.6 Å². The van der Waals surface area contributed by atoms with Gasteiger partial charge in [-0.1, -0.05) is 23.7 Å². The van der Waals surface area contributed by atoms with E-state index in [9.17, 15) is 9.59 Å². The molecule has 0 radical (unpaired) electrons. The molecule has 1 heterocycles. The number of aryl methyl sites for hydroxylation is 2. The Hall–Kier alpha value is -2.07. The first-order chi connectivity index (χ1) is 8.99. The smallest absolute Gasteiger partial charge is 0.255 e. The van der Waals surface area contributed by atoms with Crippen LogP contribution in [-0.2, 0) is 7.05 Å². The molecular weight excluding hydrogens is 264 g/mol. The molecule has 0 unspecified atom stereocenters. The molecule has 0 atom stereocenters. The van der Waals surface area contributed by atoms with Gasteiger partial charge >= 0.3 is 0 Å². The van der Waals surface area contributed by atoms with Gasteiger partial charge in [0.2, 0.25) is 0 Å². The Morgan fingerprint density at radius 2 is 2.05 bits per heavy atom. The van der Waals surface area contributed by atoms with Crippen molar-refractivity contribution < 1.29 is 4.79 Å². The molecule has 98 valence electrons. The fourth-order valence-electron chi connectivity index (χ4n) is 1.67. The average molecular weight is 277 g/mol. The second-order valence-electron chi connectivity index (χ2n) is 4.25. The predicted octanol–water partition coefficient (Wildman–Crippen LogP) is 2.60. The number of hydrogen-bond donors (Lipinski definition) is 1. The molecule has 0 bridgehead atoms. The lowest BCUT2D eigenvalue weighted by atomic mass is 10.2. The summed E-state index contributed by atoms with van der Waals surface area (Å²) in [5.74, 6) is -0.353. The van der Waals surface area contributed by atoms with Crippen molar-refractivity contribution in [3.05, 3.63) is 63.0 Å². The fraction of sp³-hybridized carbons (Fsp3) is 0.143. The zero-order valence-electron chi connectivity index (χ0n) is 10.6. The van der Waals surface area contributed by atoms with Gasteiger partial charge in [0.1, 0.15) is 0 Å². The largest absolute Gasteiger partial charge is 0.320 e. The standard InChI is InChI=1S/C14H13ClN2O2/c1-9-4-3-5-11(15)13(9)16-14(19)10-6-7-17(2)12(18)8-10/h3-8H,1-2H3,(H,16,19). The molecule has 1 amide bonds. The monoisotopic (exact) mass is 276 g/mol. The van der Waals surface area contributed by atoms with E-state index in [1.54, 1.807) is 25.4 Å². The van der Waals surface area contributed by atoms with Gasteiger partial charge in [-0.15, -0.1) is 0 Å². The summed E-state index contributed by atoms with van der Waals surface area (Å²) < 4.78 is 1.40. The van der Waals surface area contributed by atoms with Crippen molar-refractivity contribution in [3.8, 4) is 0 Å². The number of carbonyl (C=O) groups excluding carboxylic acids is 1. The minimum absolute atomic E-state index is 0.233. The lowest BCUT2D eigenvalue weighted by Crippen LogP contribution is -2.20. The van der Waals surface area contributed by atoms with Crippen molar-refractivity contribution in [3.63, 3.8) is 0 Å². The number of pyridine rings is 1. The summed E-state index contributed by atoms with van der Waals surface area (Å²) in [5.41, 5.74) is 1.51. The van der Waals surface area contributed by atoms with Gasteiger partial charge < -0.3 is 9.88 Å². The van der Waals surface area contributed by atoms with Crippen molar-refractivity contribution in [2.75, 3.05) is 5.32 Å². The number of halogens is 1. The number of aromatic nitrogens is 1. The van der Waals surface area contributed by atoms with Gasteiger partial charge in [-0.3, -0.25) is 9.59 Å². The van der Waals surface area contributed by atoms with Crippen molar-refractivity contribution in [2.45, 2.75) is 6.92 Å². The Kier molecular flexibility index (Phi) is 3.71. The second-order valence-corrected chi connectivity index (χ2v) is 4.66. The van der Waals surface area contributed by atoms with E-state index < -0.39 is 0 Å². The van der Waals surface area contributed by atoms with Crippen LogP contribution in [0.15, 0.2) is 41.3 Å². The topological polar surface area (TPSA) is 51.1 Å². The Bertz CT molecular complexity index is 672. The number of hydrogen-bond acceptors (Lipinski definition) is 2. The number of anilines is 1. The van der Waals surface area contributed by atoms with Crippen LogP contribution in [0.1, 0.15) is 15.9 Å². The summed E-state index contributed by atoms with van der Waals surface area (Å²) in [4.78, 5) is 23.6. The number of benzene rings is 1. The summed E-state index contributed by atoms with van der Waals surface area (Å²) in [6, 6.07) is 8.25. The van der Waals surface area contributed by atoms with Gasteiger partial charge in [-0.25, -0.2) is 0 Å². The third-order valence-electron chi connectivity index (χ3n) is 2.83. The SMILES string of the molecule is Cc1cccc(Cl)c1NC(=O)c1ccn(C)c(=O)c1. The van der Waals surface area contributed by atoms with Crippen LogP contribution in [0.2, 0.25) is 5.02 Å². The lowest BCUT2D eigenvalue weighted by Gasteiger charge is -2.10. The highest BCUT2D eigenvalue weighted by Crippen LogP contribution is 2.25. The van der Waals surface area contributed by atoms with Crippen LogP contribution in [0.25, 0.3) is 0 Å². The molecule has 0 spiro atoms. The number of amides is 1. The molecule has 0 saturated carbocycles. The fourth-order valence-corrected chi connectivity index (χ4v) is 1.93. The molecule has 0 aliphatic carbocycles. The number of nitrogens with one attached hydrogen (secondary N) is 1. The van der Waals surface area contributed by atoms with E-state index in [-0.39, 0.29) is 11.5 Å². The van der Waals surface area contributed by atoms with E-state index in [4.69, 9.17) is 11.6 Å². The molecule has 2 aromatic rings. The Balaban J connectivity index is 2.31. The quantitative estimate of drug-likeness (QED) is 0.917. The first kappa shape index (κ1) is 13.4. The second kappa shape index (κ2) is 5.28. The van der Waals surface area contributed by atoms with Crippen LogP contribution in [0.4, 0.5) is 5.69 Å². The lowest BCUT2D eigenvalue weighted by molar-refractivity contribution is 0.102. The van der Waals surface area contributed by atoms with Crippen molar-refractivity contribution in [2.24, 2.45) is 7.05 Å². The van der Waals surface area contributed by atoms with Gasteiger partial charge in [-0.2, -0.15) is 0 Å². The number of carbonyl (C=O) groups is 1. The van der Waals surface area contributed by atoms with Crippen LogP contribution in [0.5, 0.6) is 0 Å². The molecule has 1 N–H and O–H groups in total. The van der Waals surface area contributed by atoms with E-state index >= 15 is 0 Å². The van der Waals surface area contributed by atoms with Crippen molar-refractivity contribution in [1.82, 2.24) is 4.57 Å². The minimum Gasteiger partial charge on any atom is -0.320 e. The summed E-state index contributed by atoms with van der Waals surface area (Å²) in [5, 5.41) is 3.19. The number of rotatable bonds is 2. The molecular formula is C14H13ClN2O2. The van der Waals surface area contributed by atoms with Gasteiger partial charge in [0, 0.05) is 24.9 Å². The Labute approximate surface area is 115 Å². The maximum absolute atomic E-state index is 12.1.